The molecule has 0 spiro atoms. The highest BCUT2D eigenvalue weighted by Gasteiger charge is 2.53. The lowest BCUT2D eigenvalue weighted by molar-refractivity contribution is -0.157. The molecule has 3 aromatic rings. The van der Waals surface area contributed by atoms with Crippen LogP contribution in [0, 0.1) is 23.2 Å². The second-order valence-corrected chi connectivity index (χ2v) is 15.5. The van der Waals surface area contributed by atoms with Gasteiger partial charge in [-0.15, -0.1) is 0 Å². The van der Waals surface area contributed by atoms with Crippen molar-refractivity contribution >= 4 is 35.1 Å². The molecular weight excluding hydrogens is 648 g/mol. The fourth-order valence-corrected chi connectivity index (χ4v) is 6.96. The molecule has 1 aromatic heterocycles. The van der Waals surface area contributed by atoms with Gasteiger partial charge in [-0.05, 0) is 73.1 Å². The van der Waals surface area contributed by atoms with Crippen molar-refractivity contribution in [1.29, 1.82) is 0 Å². The van der Waals surface area contributed by atoms with E-state index in [2.05, 4.69) is 11.4 Å². The average molecular weight is 699 g/mol. The summed E-state index contributed by atoms with van der Waals surface area (Å²) in [6, 6.07) is 13.4. The summed E-state index contributed by atoms with van der Waals surface area (Å²) < 4.78 is 24.0. The van der Waals surface area contributed by atoms with Gasteiger partial charge in [0.1, 0.15) is 35.7 Å². The van der Waals surface area contributed by atoms with Crippen LogP contribution in [0.3, 0.4) is 0 Å². The summed E-state index contributed by atoms with van der Waals surface area (Å²) in [6.45, 7) is 9.85. The van der Waals surface area contributed by atoms with E-state index in [-0.39, 0.29) is 31.1 Å². The Kier molecular flexibility index (Phi) is 10.8. The third kappa shape index (κ3) is 8.63. The number of aromatic nitrogens is 2. The van der Waals surface area contributed by atoms with Gasteiger partial charge in [-0.1, -0.05) is 71.0 Å². The summed E-state index contributed by atoms with van der Waals surface area (Å²) in [5, 5.41) is 2.88. The van der Waals surface area contributed by atoms with Gasteiger partial charge in [0.05, 0.1) is 31.3 Å². The summed E-state index contributed by atoms with van der Waals surface area (Å²) in [7, 11) is 1.60. The van der Waals surface area contributed by atoms with Crippen LogP contribution in [0.4, 0.5) is 4.79 Å². The Morgan fingerprint density at radius 3 is 2.55 bits per heavy atom. The van der Waals surface area contributed by atoms with Gasteiger partial charge in [0.25, 0.3) is 0 Å². The van der Waals surface area contributed by atoms with E-state index in [4.69, 9.17) is 28.9 Å². The number of carbonyl (C=O) groups excluding carboxylic acids is 3. The number of allylic oxidation sites excluding steroid dienone is 1. The first kappa shape index (κ1) is 36.1. The minimum absolute atomic E-state index is 0.0623. The lowest BCUT2D eigenvalue weighted by Crippen LogP contribution is -2.57. The van der Waals surface area contributed by atoms with Crippen molar-refractivity contribution in [2.75, 3.05) is 20.3 Å². The topological polar surface area (TPSA) is 129 Å². The largest absolute Gasteiger partial charge is 0.497 e. The van der Waals surface area contributed by atoms with Crippen molar-refractivity contribution in [1.82, 2.24) is 20.2 Å². The molecule has 2 fully saturated rings. The molecule has 2 bridgehead atoms. The summed E-state index contributed by atoms with van der Waals surface area (Å²) in [5.41, 5.74) is 2.11. The molecule has 3 heterocycles. The van der Waals surface area contributed by atoms with Gasteiger partial charge in [-0.2, -0.15) is 0 Å². The number of benzene rings is 2. The van der Waals surface area contributed by atoms with E-state index in [1.807, 2.05) is 89.2 Å². The van der Waals surface area contributed by atoms with Crippen molar-refractivity contribution in [2.24, 2.45) is 23.2 Å². The van der Waals surface area contributed by atoms with Crippen LogP contribution in [0.1, 0.15) is 71.6 Å². The molecule has 1 N–H and O–H groups in total. The monoisotopic (exact) mass is 698 g/mol. The zero-order valence-electron chi connectivity index (χ0n) is 30.5. The minimum Gasteiger partial charge on any atom is -0.497 e. The third-order valence-electron chi connectivity index (χ3n) is 9.83. The highest BCUT2D eigenvalue weighted by molar-refractivity contribution is 5.91. The van der Waals surface area contributed by atoms with Gasteiger partial charge in [0, 0.05) is 12.0 Å². The van der Waals surface area contributed by atoms with Gasteiger partial charge >= 0.3 is 12.1 Å². The fourth-order valence-electron chi connectivity index (χ4n) is 6.96. The van der Waals surface area contributed by atoms with Gasteiger partial charge in [-0.25, -0.2) is 19.6 Å². The molecule has 6 rings (SSSR count). The third-order valence-corrected chi connectivity index (χ3v) is 9.83. The Bertz CT molecular complexity index is 1750. The van der Waals surface area contributed by atoms with Crippen LogP contribution < -0.4 is 14.8 Å². The second-order valence-electron chi connectivity index (χ2n) is 15.5. The molecule has 1 saturated heterocycles. The molecule has 0 radical (unpaired) electrons. The predicted molar refractivity (Wildman–Crippen MR) is 193 cm³/mol. The van der Waals surface area contributed by atoms with Crippen LogP contribution in [0.15, 0.2) is 54.6 Å². The van der Waals surface area contributed by atoms with Crippen LogP contribution >= 0.6 is 0 Å². The normalized spacial score (nSPS) is 26.1. The number of alkyl carbamates (subject to hydrolysis) is 1. The lowest BCUT2D eigenvalue weighted by atomic mass is 9.85. The first-order valence-electron chi connectivity index (χ1n) is 18.1. The maximum atomic E-state index is 14.8. The predicted octanol–water partition coefficient (Wildman–Crippen LogP) is 6.38. The number of rotatable bonds is 6. The van der Waals surface area contributed by atoms with E-state index in [1.165, 1.54) is 4.90 Å². The van der Waals surface area contributed by atoms with Crippen LogP contribution in [0.25, 0.3) is 17.1 Å². The van der Waals surface area contributed by atoms with Crippen LogP contribution in [-0.4, -0.2) is 77.4 Å². The molecule has 6 atom stereocenters. The number of nitrogens with zero attached hydrogens (tertiary/aromatic N) is 3. The van der Waals surface area contributed by atoms with Crippen molar-refractivity contribution in [3.8, 4) is 11.6 Å². The molecule has 2 aromatic carbocycles. The number of hydrogen-bond donors (Lipinski definition) is 1. The SMILES string of the molecule is COc1ccc2nc3c(nc2c1)O[C@H]1CN(C(=O)[C@H](C(C)(C)C)NC(=O)O[C@@H]2C[C@H]2CCC/C=C/3)[C@H](C(=O)OCC(C)C)C1Cc1ccccc1. The van der Waals surface area contributed by atoms with Crippen molar-refractivity contribution in [3.05, 3.63) is 65.9 Å². The van der Waals surface area contributed by atoms with E-state index in [0.29, 0.717) is 34.8 Å². The highest BCUT2D eigenvalue weighted by Crippen LogP contribution is 2.39. The Hall–Kier alpha value is -4.67. The molecule has 1 aliphatic carbocycles. The smallest absolute Gasteiger partial charge is 0.408 e. The van der Waals surface area contributed by atoms with Crippen molar-refractivity contribution in [2.45, 2.75) is 91.0 Å². The van der Waals surface area contributed by atoms with Crippen LogP contribution in [0.2, 0.25) is 0 Å². The Morgan fingerprint density at radius 2 is 1.82 bits per heavy atom. The molecule has 1 unspecified atom stereocenters. The zero-order valence-corrected chi connectivity index (χ0v) is 30.5. The minimum atomic E-state index is -0.994. The lowest BCUT2D eigenvalue weighted by Gasteiger charge is -2.35. The van der Waals surface area contributed by atoms with E-state index < -0.39 is 47.5 Å². The van der Waals surface area contributed by atoms with Gasteiger partial charge < -0.3 is 29.2 Å². The molecule has 51 heavy (non-hydrogen) atoms. The van der Waals surface area contributed by atoms with Crippen molar-refractivity contribution < 1.29 is 33.3 Å². The number of esters is 1. The molecule has 11 heteroatoms. The van der Waals surface area contributed by atoms with Crippen LogP contribution in [-0.2, 0) is 25.5 Å². The van der Waals surface area contributed by atoms with Crippen LogP contribution in [0.5, 0.6) is 11.6 Å². The molecule has 2 amide bonds. The van der Waals surface area contributed by atoms with Gasteiger partial charge in [0.15, 0.2) is 0 Å². The Morgan fingerprint density at radius 1 is 1.04 bits per heavy atom. The zero-order chi connectivity index (χ0) is 36.3. The molecule has 2 aliphatic heterocycles. The van der Waals surface area contributed by atoms with E-state index in [1.54, 1.807) is 7.11 Å². The maximum Gasteiger partial charge on any atom is 0.408 e. The summed E-state index contributed by atoms with van der Waals surface area (Å²) in [6.07, 6.45) is 6.35. The van der Waals surface area contributed by atoms with Crippen molar-refractivity contribution in [3.63, 3.8) is 0 Å². The number of fused-ring (bicyclic) bond motifs is 5. The average Bonchev–Trinajstić information content (AvgIpc) is 3.73. The number of nitrogens with one attached hydrogen (secondary N) is 1. The molecule has 272 valence electrons. The molecule has 3 aliphatic rings. The number of methoxy groups -OCH3 is 1. The Balaban J connectivity index is 1.46. The number of ether oxygens (including phenoxy) is 4. The first-order valence-corrected chi connectivity index (χ1v) is 18.1. The highest BCUT2D eigenvalue weighted by atomic mass is 16.6. The Labute approximate surface area is 300 Å². The molecule has 11 nitrogen and oxygen atoms in total. The quantitative estimate of drug-likeness (QED) is 0.292. The standard InChI is InChI=1S/C40H50N4O7/c1-24(2)23-49-38(46)34-28(19-25-13-9-7-10-14-25)33-22-44(34)37(45)35(40(3,4)5)43-39(47)51-32-20-26(32)15-11-8-12-16-30-36(50-33)42-31-21-27(48-6)17-18-29(31)41-30/h7,9-10,12-14,16-18,21,24,26,28,32-35H,8,11,15,19-20,22-23H2,1-6H3,(H,43,47)/b16-12+/t26-,28?,32-,33+,34+,35-/m1/s1. The van der Waals surface area contributed by atoms with Gasteiger partial charge in [-0.3, -0.25) is 4.79 Å². The summed E-state index contributed by atoms with van der Waals surface area (Å²) in [4.78, 5) is 53.6. The fraction of sp³-hybridized carbons (Fsp3) is 0.525. The van der Waals surface area contributed by atoms with E-state index in [9.17, 15) is 14.4 Å². The first-order chi connectivity index (χ1) is 24.4. The number of carbonyl (C=O) groups is 3. The summed E-state index contributed by atoms with van der Waals surface area (Å²) >= 11 is 0. The van der Waals surface area contributed by atoms with E-state index >= 15 is 0 Å². The molecule has 1 saturated carbocycles. The van der Waals surface area contributed by atoms with Gasteiger partial charge in [0.2, 0.25) is 11.8 Å². The second kappa shape index (κ2) is 15.3. The molecular formula is C40H50N4O7. The summed E-state index contributed by atoms with van der Waals surface area (Å²) in [5.74, 6) is -0.129. The maximum absolute atomic E-state index is 14.8. The number of amides is 2. The van der Waals surface area contributed by atoms with E-state index in [0.717, 1.165) is 31.2 Å². The number of hydrogen-bond acceptors (Lipinski definition) is 9.